The molecule has 3 rings (SSSR count). The molecule has 0 unspecified atom stereocenters. The largest absolute Gasteiger partial charge is 0.355 e. The molecule has 1 aliphatic heterocycles. The van der Waals surface area contributed by atoms with E-state index in [-0.39, 0.29) is 5.91 Å². The van der Waals surface area contributed by atoms with E-state index in [4.69, 9.17) is 9.97 Å². The molecule has 1 atom stereocenters. The van der Waals surface area contributed by atoms with Crippen molar-refractivity contribution in [3.8, 4) is 6.07 Å². The number of piperazine rings is 1. The first-order chi connectivity index (χ1) is 13.7. The van der Waals surface area contributed by atoms with E-state index in [1.54, 1.807) is 0 Å². The molecule has 1 amide bonds. The quantitative estimate of drug-likeness (QED) is 0.742. The van der Waals surface area contributed by atoms with Crippen molar-refractivity contribution >= 4 is 22.8 Å². The van der Waals surface area contributed by atoms with Crippen molar-refractivity contribution in [3.05, 3.63) is 30.0 Å². The van der Waals surface area contributed by atoms with Gasteiger partial charge in [0, 0.05) is 32.7 Å². The van der Waals surface area contributed by atoms with Crippen LogP contribution in [-0.4, -0.2) is 60.0 Å². The van der Waals surface area contributed by atoms with Gasteiger partial charge in [0.2, 0.25) is 5.91 Å². The standard InChI is InChI=1S/C21H28N6O/c1-3-5-10-23-21(28)16(15-22)19-20(27-13-11-26(4-2)12-14-27)25-18-9-7-6-8-17(18)24-19/h6-9,16H,3-5,10-14H2,1-2H3,(H,23,28)/t16-/m1/s1. The maximum absolute atomic E-state index is 12.7. The van der Waals surface area contributed by atoms with Crippen molar-refractivity contribution in [1.82, 2.24) is 20.2 Å². The van der Waals surface area contributed by atoms with Gasteiger partial charge in [0.1, 0.15) is 5.69 Å². The van der Waals surface area contributed by atoms with Gasteiger partial charge in [-0.3, -0.25) is 4.79 Å². The molecular weight excluding hydrogens is 352 g/mol. The summed E-state index contributed by atoms with van der Waals surface area (Å²) in [7, 11) is 0. The van der Waals surface area contributed by atoms with Crippen molar-refractivity contribution in [3.63, 3.8) is 0 Å². The Hall–Kier alpha value is -2.72. The number of nitrogens with one attached hydrogen (secondary N) is 1. The average molecular weight is 380 g/mol. The topological polar surface area (TPSA) is 85.1 Å². The van der Waals surface area contributed by atoms with Crippen molar-refractivity contribution < 1.29 is 4.79 Å². The van der Waals surface area contributed by atoms with Crippen molar-refractivity contribution in [2.45, 2.75) is 32.6 Å². The molecular formula is C21H28N6O. The van der Waals surface area contributed by atoms with E-state index in [9.17, 15) is 10.1 Å². The first kappa shape index (κ1) is 20.0. The number of anilines is 1. The third kappa shape index (κ3) is 4.39. The molecule has 2 heterocycles. The Kier molecular flexibility index (Phi) is 6.77. The van der Waals surface area contributed by atoms with Crippen LogP contribution in [0, 0.1) is 11.3 Å². The van der Waals surface area contributed by atoms with Gasteiger partial charge in [-0.2, -0.15) is 5.26 Å². The van der Waals surface area contributed by atoms with E-state index in [0.717, 1.165) is 51.1 Å². The van der Waals surface area contributed by atoms with Crippen LogP contribution in [0.1, 0.15) is 38.3 Å². The van der Waals surface area contributed by atoms with Crippen LogP contribution in [0.3, 0.4) is 0 Å². The lowest BCUT2D eigenvalue weighted by Crippen LogP contribution is -2.47. The summed E-state index contributed by atoms with van der Waals surface area (Å²) in [6, 6.07) is 9.76. The number of fused-ring (bicyclic) bond motifs is 1. The van der Waals surface area contributed by atoms with Crippen LogP contribution in [0.25, 0.3) is 11.0 Å². The molecule has 7 nitrogen and oxygen atoms in total. The van der Waals surface area contributed by atoms with Gasteiger partial charge in [-0.15, -0.1) is 0 Å². The van der Waals surface area contributed by atoms with Crippen LogP contribution in [0.5, 0.6) is 0 Å². The molecule has 28 heavy (non-hydrogen) atoms. The number of hydrogen-bond donors (Lipinski definition) is 1. The van der Waals surface area contributed by atoms with Gasteiger partial charge in [0.25, 0.3) is 0 Å². The summed E-state index contributed by atoms with van der Waals surface area (Å²) < 4.78 is 0. The number of nitriles is 1. The fourth-order valence-corrected chi connectivity index (χ4v) is 3.44. The molecule has 2 aromatic rings. The highest BCUT2D eigenvalue weighted by Crippen LogP contribution is 2.28. The zero-order valence-electron chi connectivity index (χ0n) is 16.7. The van der Waals surface area contributed by atoms with Gasteiger partial charge in [-0.1, -0.05) is 32.4 Å². The van der Waals surface area contributed by atoms with E-state index in [0.29, 0.717) is 23.6 Å². The number of benzene rings is 1. The second kappa shape index (κ2) is 9.47. The van der Waals surface area contributed by atoms with Gasteiger partial charge in [0.15, 0.2) is 11.7 Å². The predicted octanol–water partition coefficient (Wildman–Crippen LogP) is 2.30. The number of amides is 1. The normalized spacial score (nSPS) is 16.0. The second-order valence-corrected chi connectivity index (χ2v) is 7.05. The Labute approximate surface area is 166 Å². The first-order valence-electron chi connectivity index (χ1n) is 10.1. The molecule has 0 spiro atoms. The van der Waals surface area contributed by atoms with Gasteiger partial charge >= 0.3 is 0 Å². The number of hydrogen-bond acceptors (Lipinski definition) is 6. The van der Waals surface area contributed by atoms with Crippen LogP contribution in [0.2, 0.25) is 0 Å². The summed E-state index contributed by atoms with van der Waals surface area (Å²) in [4.78, 5) is 26.7. The van der Waals surface area contributed by atoms with E-state index in [2.05, 4.69) is 35.0 Å². The summed E-state index contributed by atoms with van der Waals surface area (Å²) in [6.45, 7) is 9.30. The molecule has 1 fully saturated rings. The smallest absolute Gasteiger partial charge is 0.243 e. The molecule has 1 N–H and O–H groups in total. The van der Waals surface area contributed by atoms with Gasteiger partial charge in [-0.25, -0.2) is 9.97 Å². The molecule has 0 bridgehead atoms. The van der Waals surface area contributed by atoms with Crippen LogP contribution in [0.15, 0.2) is 24.3 Å². The maximum atomic E-state index is 12.7. The summed E-state index contributed by atoms with van der Waals surface area (Å²) in [5, 5.41) is 12.6. The number of nitrogens with zero attached hydrogens (tertiary/aromatic N) is 5. The molecule has 0 aliphatic carbocycles. The Balaban J connectivity index is 1.96. The van der Waals surface area contributed by atoms with Crippen LogP contribution in [-0.2, 0) is 4.79 Å². The van der Waals surface area contributed by atoms with Crippen LogP contribution in [0.4, 0.5) is 5.82 Å². The Bertz CT molecular complexity index is 854. The monoisotopic (exact) mass is 380 g/mol. The number of unbranched alkanes of at least 4 members (excludes halogenated alkanes) is 1. The molecule has 1 aliphatic rings. The van der Waals surface area contributed by atoms with Crippen molar-refractivity contribution in [1.29, 1.82) is 5.26 Å². The highest BCUT2D eigenvalue weighted by molar-refractivity contribution is 5.88. The molecule has 0 radical (unpaired) electrons. The first-order valence-corrected chi connectivity index (χ1v) is 10.1. The number of aromatic nitrogens is 2. The minimum absolute atomic E-state index is 0.297. The Morgan fingerprint density at radius 2 is 1.86 bits per heavy atom. The van der Waals surface area contributed by atoms with Gasteiger partial charge < -0.3 is 15.1 Å². The zero-order chi connectivity index (χ0) is 19.9. The molecule has 1 aromatic carbocycles. The highest BCUT2D eigenvalue weighted by atomic mass is 16.1. The zero-order valence-corrected chi connectivity index (χ0v) is 16.7. The minimum Gasteiger partial charge on any atom is -0.355 e. The predicted molar refractivity (Wildman–Crippen MR) is 110 cm³/mol. The Morgan fingerprint density at radius 3 is 2.46 bits per heavy atom. The fourth-order valence-electron chi connectivity index (χ4n) is 3.44. The third-order valence-electron chi connectivity index (χ3n) is 5.19. The molecule has 1 aromatic heterocycles. The number of carbonyl (C=O) groups excluding carboxylic acids is 1. The number of likely N-dealkylation sites (N-methyl/N-ethyl adjacent to an activating group) is 1. The van der Waals surface area contributed by atoms with Gasteiger partial charge in [0.05, 0.1) is 17.1 Å². The SMILES string of the molecule is CCCCNC(=O)[C@H](C#N)c1nc2ccccc2nc1N1CCN(CC)CC1. The van der Waals surface area contributed by atoms with E-state index >= 15 is 0 Å². The fraction of sp³-hybridized carbons (Fsp3) is 0.524. The van der Waals surface area contributed by atoms with Crippen LogP contribution < -0.4 is 10.2 Å². The average Bonchev–Trinajstić information content (AvgIpc) is 2.74. The van der Waals surface area contributed by atoms with Crippen molar-refractivity contribution in [2.75, 3.05) is 44.2 Å². The number of para-hydroxylation sites is 2. The highest BCUT2D eigenvalue weighted by Gasteiger charge is 2.29. The third-order valence-corrected chi connectivity index (χ3v) is 5.19. The lowest BCUT2D eigenvalue weighted by Gasteiger charge is -2.35. The summed E-state index contributed by atoms with van der Waals surface area (Å²) in [6.07, 6.45) is 1.87. The Morgan fingerprint density at radius 1 is 1.18 bits per heavy atom. The molecule has 148 valence electrons. The summed E-state index contributed by atoms with van der Waals surface area (Å²) in [5.41, 5.74) is 1.94. The molecule has 1 saturated heterocycles. The lowest BCUT2D eigenvalue weighted by molar-refractivity contribution is -0.121. The van der Waals surface area contributed by atoms with E-state index in [1.807, 2.05) is 24.3 Å². The summed E-state index contributed by atoms with van der Waals surface area (Å²) in [5.74, 6) is -0.603. The van der Waals surface area contributed by atoms with E-state index in [1.165, 1.54) is 0 Å². The number of rotatable bonds is 7. The molecule has 7 heteroatoms. The minimum atomic E-state index is -0.965. The molecule has 0 saturated carbocycles. The lowest BCUT2D eigenvalue weighted by atomic mass is 10.0. The maximum Gasteiger partial charge on any atom is 0.243 e. The van der Waals surface area contributed by atoms with Crippen LogP contribution >= 0.6 is 0 Å². The summed E-state index contributed by atoms with van der Waals surface area (Å²) >= 11 is 0. The number of carbonyl (C=O) groups is 1. The van der Waals surface area contributed by atoms with Gasteiger partial charge in [-0.05, 0) is 25.1 Å². The van der Waals surface area contributed by atoms with Crippen molar-refractivity contribution in [2.24, 2.45) is 0 Å². The second-order valence-electron chi connectivity index (χ2n) is 7.05. The van der Waals surface area contributed by atoms with E-state index < -0.39 is 5.92 Å².